The molecular weight excluding hydrogens is 190 g/mol. The molecule has 0 unspecified atom stereocenters. The van der Waals surface area contributed by atoms with Crippen LogP contribution in [0.3, 0.4) is 0 Å². The molecule has 1 aliphatic carbocycles. The van der Waals surface area contributed by atoms with Crippen molar-refractivity contribution in [2.24, 2.45) is 0 Å². The summed E-state index contributed by atoms with van der Waals surface area (Å²) in [7, 11) is 0. The monoisotopic (exact) mass is 206 g/mol. The van der Waals surface area contributed by atoms with Crippen molar-refractivity contribution in [2.75, 3.05) is 13.1 Å². The topological polar surface area (TPSA) is 41.1 Å². The van der Waals surface area contributed by atoms with Gasteiger partial charge >= 0.3 is 0 Å². The van der Waals surface area contributed by atoms with E-state index in [-0.39, 0.29) is 12.5 Å². The van der Waals surface area contributed by atoms with Crippen LogP contribution in [0.2, 0.25) is 0 Å². The molecule has 1 aliphatic rings. The van der Waals surface area contributed by atoms with Crippen molar-refractivity contribution in [1.29, 1.82) is 0 Å². The largest absolute Gasteiger partial charge is 0.349 e. The van der Waals surface area contributed by atoms with E-state index in [1.54, 1.807) is 0 Å². The van der Waals surface area contributed by atoms with Gasteiger partial charge < -0.3 is 10.6 Å². The third-order valence-corrected chi connectivity index (χ3v) is 2.36. The molecule has 14 heavy (non-hydrogen) atoms. The second-order valence-electron chi connectivity index (χ2n) is 3.56. The normalized spacial score (nSPS) is 17.6. The third-order valence-electron chi connectivity index (χ3n) is 2.36. The minimum atomic E-state index is -2.47. The summed E-state index contributed by atoms with van der Waals surface area (Å²) < 4.78 is 23.4. The lowest BCUT2D eigenvalue weighted by molar-refractivity contribution is -0.121. The fourth-order valence-electron chi connectivity index (χ4n) is 1.62. The summed E-state index contributed by atoms with van der Waals surface area (Å²) in [6, 6.07) is 0.396. The lowest BCUT2D eigenvalue weighted by Gasteiger charge is -2.11. The summed E-state index contributed by atoms with van der Waals surface area (Å²) in [6.07, 6.45) is 2.09. The van der Waals surface area contributed by atoms with Gasteiger partial charge in [-0.3, -0.25) is 4.79 Å². The van der Waals surface area contributed by atoms with Crippen LogP contribution in [-0.4, -0.2) is 31.5 Å². The smallest absolute Gasteiger partial charge is 0.255 e. The van der Waals surface area contributed by atoms with Gasteiger partial charge in [-0.2, -0.15) is 0 Å². The molecule has 0 aromatic rings. The molecule has 0 saturated heterocycles. The number of rotatable bonds is 5. The number of hydrogen-bond acceptors (Lipinski definition) is 2. The Kier molecular flexibility index (Phi) is 4.79. The van der Waals surface area contributed by atoms with Gasteiger partial charge in [-0.05, 0) is 12.8 Å². The molecule has 2 N–H and O–H groups in total. The van der Waals surface area contributed by atoms with Crippen LogP contribution >= 0.6 is 0 Å². The molecule has 1 fully saturated rings. The van der Waals surface area contributed by atoms with E-state index in [1.165, 1.54) is 12.8 Å². The predicted molar refractivity (Wildman–Crippen MR) is 49.3 cm³/mol. The van der Waals surface area contributed by atoms with Gasteiger partial charge in [0.25, 0.3) is 6.43 Å². The van der Waals surface area contributed by atoms with E-state index in [2.05, 4.69) is 10.6 Å². The van der Waals surface area contributed by atoms with Crippen molar-refractivity contribution in [3.63, 3.8) is 0 Å². The lowest BCUT2D eigenvalue weighted by atomic mass is 10.2. The Morgan fingerprint density at radius 3 is 2.57 bits per heavy atom. The highest BCUT2D eigenvalue weighted by atomic mass is 19.3. The van der Waals surface area contributed by atoms with Gasteiger partial charge in [0.15, 0.2) is 0 Å². The average molecular weight is 206 g/mol. The summed E-state index contributed by atoms with van der Waals surface area (Å²) in [6.45, 7) is -0.400. The third kappa shape index (κ3) is 4.50. The highest BCUT2D eigenvalue weighted by molar-refractivity contribution is 5.78. The Bertz CT molecular complexity index is 182. The number of carbonyl (C=O) groups excluding carboxylic acids is 1. The van der Waals surface area contributed by atoms with Crippen molar-refractivity contribution < 1.29 is 13.6 Å². The van der Waals surface area contributed by atoms with Gasteiger partial charge in [0.05, 0.1) is 13.1 Å². The number of alkyl halides is 2. The SMILES string of the molecule is O=C(CNC1CCCC1)NCC(F)F. The zero-order valence-corrected chi connectivity index (χ0v) is 8.06. The molecule has 0 aliphatic heterocycles. The van der Waals surface area contributed by atoms with E-state index in [0.29, 0.717) is 6.04 Å². The summed E-state index contributed by atoms with van der Waals surface area (Å²) in [5.74, 6) is -0.350. The molecule has 1 rings (SSSR count). The highest BCUT2D eigenvalue weighted by Gasteiger charge is 2.15. The zero-order valence-electron chi connectivity index (χ0n) is 8.06. The standard InChI is InChI=1S/C9H16F2N2O/c10-8(11)5-13-9(14)6-12-7-3-1-2-4-7/h7-8,12H,1-6H2,(H,13,14). The van der Waals surface area contributed by atoms with Gasteiger partial charge in [0.1, 0.15) is 0 Å². The Labute approximate surface area is 82.2 Å². The molecule has 0 radical (unpaired) electrons. The van der Waals surface area contributed by atoms with Gasteiger partial charge in [0.2, 0.25) is 5.91 Å². The Morgan fingerprint density at radius 1 is 1.36 bits per heavy atom. The second-order valence-corrected chi connectivity index (χ2v) is 3.56. The van der Waals surface area contributed by atoms with Crippen LogP contribution in [0.15, 0.2) is 0 Å². The van der Waals surface area contributed by atoms with E-state index >= 15 is 0 Å². The summed E-state index contributed by atoms with van der Waals surface area (Å²) in [4.78, 5) is 11.0. The molecule has 3 nitrogen and oxygen atoms in total. The van der Waals surface area contributed by atoms with Crippen LogP contribution in [-0.2, 0) is 4.79 Å². The summed E-state index contributed by atoms with van der Waals surface area (Å²) in [5, 5.41) is 5.20. The molecule has 0 spiro atoms. The number of halogens is 2. The Morgan fingerprint density at radius 2 is 2.00 bits per heavy atom. The molecule has 5 heteroatoms. The Balaban J connectivity index is 2.02. The number of amides is 1. The van der Waals surface area contributed by atoms with E-state index in [0.717, 1.165) is 12.8 Å². The quantitative estimate of drug-likeness (QED) is 0.701. The fraction of sp³-hybridized carbons (Fsp3) is 0.889. The highest BCUT2D eigenvalue weighted by Crippen LogP contribution is 2.17. The summed E-state index contributed by atoms with van der Waals surface area (Å²) in [5.41, 5.74) is 0. The van der Waals surface area contributed by atoms with Crippen molar-refractivity contribution in [2.45, 2.75) is 38.2 Å². The molecule has 82 valence electrons. The van der Waals surface area contributed by atoms with Crippen LogP contribution < -0.4 is 10.6 Å². The predicted octanol–water partition coefficient (Wildman–Crippen LogP) is 0.900. The van der Waals surface area contributed by atoms with E-state index < -0.39 is 13.0 Å². The van der Waals surface area contributed by atoms with Gasteiger partial charge in [-0.25, -0.2) is 8.78 Å². The van der Waals surface area contributed by atoms with Crippen LogP contribution in [0.4, 0.5) is 8.78 Å². The van der Waals surface area contributed by atoms with Crippen molar-refractivity contribution in [1.82, 2.24) is 10.6 Å². The molecule has 0 aromatic carbocycles. The number of carbonyl (C=O) groups is 1. The van der Waals surface area contributed by atoms with Crippen LogP contribution in [0.5, 0.6) is 0 Å². The molecule has 1 saturated carbocycles. The first-order valence-electron chi connectivity index (χ1n) is 4.96. The van der Waals surface area contributed by atoms with E-state index in [1.807, 2.05) is 0 Å². The van der Waals surface area contributed by atoms with Crippen LogP contribution in [0.1, 0.15) is 25.7 Å². The first kappa shape index (κ1) is 11.4. The van der Waals surface area contributed by atoms with Crippen LogP contribution in [0, 0.1) is 0 Å². The van der Waals surface area contributed by atoms with E-state index in [9.17, 15) is 13.6 Å². The summed E-state index contributed by atoms with van der Waals surface area (Å²) >= 11 is 0. The molecule has 0 bridgehead atoms. The molecule has 1 amide bonds. The molecule has 0 aromatic heterocycles. The minimum Gasteiger partial charge on any atom is -0.349 e. The molecular formula is C9H16F2N2O. The average Bonchev–Trinajstić information content (AvgIpc) is 2.63. The maximum Gasteiger partial charge on any atom is 0.255 e. The molecule has 0 heterocycles. The minimum absolute atomic E-state index is 0.150. The zero-order chi connectivity index (χ0) is 10.4. The number of hydrogen-bond donors (Lipinski definition) is 2. The maximum absolute atomic E-state index is 11.7. The van der Waals surface area contributed by atoms with E-state index in [4.69, 9.17) is 0 Å². The van der Waals surface area contributed by atoms with Crippen molar-refractivity contribution in [3.05, 3.63) is 0 Å². The molecule has 0 atom stereocenters. The number of nitrogens with one attached hydrogen (secondary N) is 2. The first-order valence-corrected chi connectivity index (χ1v) is 4.96. The van der Waals surface area contributed by atoms with Crippen molar-refractivity contribution >= 4 is 5.91 Å². The van der Waals surface area contributed by atoms with Gasteiger partial charge in [0, 0.05) is 6.04 Å². The fourth-order valence-corrected chi connectivity index (χ4v) is 1.62. The second kappa shape index (κ2) is 5.90. The Hall–Kier alpha value is -0.710. The van der Waals surface area contributed by atoms with Crippen molar-refractivity contribution in [3.8, 4) is 0 Å². The lowest BCUT2D eigenvalue weighted by Crippen LogP contribution is -2.39. The first-order chi connectivity index (χ1) is 6.68. The van der Waals surface area contributed by atoms with Crippen LogP contribution in [0.25, 0.3) is 0 Å². The van der Waals surface area contributed by atoms with Gasteiger partial charge in [-0.15, -0.1) is 0 Å². The maximum atomic E-state index is 11.7. The van der Waals surface area contributed by atoms with Gasteiger partial charge in [-0.1, -0.05) is 12.8 Å².